The van der Waals surface area contributed by atoms with Gasteiger partial charge in [0.1, 0.15) is 11.5 Å². The molecule has 2 aromatic rings. The number of carbonyl (C=O) groups is 2. The highest BCUT2D eigenvalue weighted by Crippen LogP contribution is 2.16. The number of carboxylic acids is 1. The molecule has 0 saturated carbocycles. The molecule has 0 atom stereocenters. The van der Waals surface area contributed by atoms with Crippen LogP contribution in [0.3, 0.4) is 0 Å². The second-order valence-electron chi connectivity index (χ2n) is 4.48. The van der Waals surface area contributed by atoms with Crippen molar-refractivity contribution >= 4 is 17.6 Å². The third kappa shape index (κ3) is 3.05. The highest BCUT2D eigenvalue weighted by atomic mass is 19.1. The molecule has 5 nitrogen and oxygen atoms in total. The molecule has 0 aliphatic carbocycles. The Bertz CT molecular complexity index is 699. The molecule has 2 rings (SSSR count). The van der Waals surface area contributed by atoms with E-state index in [0.29, 0.717) is 5.69 Å². The van der Waals surface area contributed by atoms with Crippen molar-refractivity contribution in [1.29, 1.82) is 0 Å². The minimum absolute atomic E-state index is 0.0518. The van der Waals surface area contributed by atoms with Gasteiger partial charge in [-0.15, -0.1) is 0 Å². The summed E-state index contributed by atoms with van der Waals surface area (Å²) < 4.78 is 12.9. The molecule has 1 N–H and O–H groups in total. The van der Waals surface area contributed by atoms with Gasteiger partial charge in [0.15, 0.2) is 0 Å². The maximum atomic E-state index is 12.9. The van der Waals surface area contributed by atoms with Gasteiger partial charge in [-0.1, -0.05) is 0 Å². The van der Waals surface area contributed by atoms with Crippen molar-refractivity contribution in [3.05, 3.63) is 59.2 Å². The first kappa shape index (κ1) is 14.6. The molecule has 0 aliphatic rings. The van der Waals surface area contributed by atoms with Crippen molar-refractivity contribution < 1.29 is 19.1 Å². The van der Waals surface area contributed by atoms with Gasteiger partial charge >= 0.3 is 5.97 Å². The summed E-state index contributed by atoms with van der Waals surface area (Å²) in [6.45, 7) is 1.53. The van der Waals surface area contributed by atoms with Crippen LogP contribution in [0.15, 0.2) is 36.4 Å². The van der Waals surface area contributed by atoms with Crippen LogP contribution in [0.5, 0.6) is 0 Å². The van der Waals surface area contributed by atoms with Crippen LogP contribution < -0.4 is 4.90 Å². The number of halogens is 1. The van der Waals surface area contributed by atoms with Gasteiger partial charge in [-0.3, -0.25) is 4.79 Å². The van der Waals surface area contributed by atoms with Crippen LogP contribution >= 0.6 is 0 Å². The van der Waals surface area contributed by atoms with Gasteiger partial charge in [0.25, 0.3) is 5.91 Å². The Morgan fingerprint density at radius 1 is 1.14 bits per heavy atom. The lowest BCUT2D eigenvalue weighted by Gasteiger charge is -2.17. The van der Waals surface area contributed by atoms with E-state index in [2.05, 4.69) is 4.98 Å². The number of benzene rings is 1. The van der Waals surface area contributed by atoms with Gasteiger partial charge in [-0.25, -0.2) is 14.2 Å². The maximum absolute atomic E-state index is 12.9. The summed E-state index contributed by atoms with van der Waals surface area (Å²) in [5, 5.41) is 8.94. The van der Waals surface area contributed by atoms with Crippen molar-refractivity contribution in [2.75, 3.05) is 11.9 Å². The first-order valence-electron chi connectivity index (χ1n) is 6.14. The Morgan fingerprint density at radius 3 is 2.29 bits per heavy atom. The smallest absolute Gasteiger partial charge is 0.337 e. The SMILES string of the molecule is Cc1nc(C(=O)N(C)c2ccc(F)cc2)ccc1C(=O)O. The number of amides is 1. The van der Waals surface area contributed by atoms with Crippen LogP contribution in [0.4, 0.5) is 10.1 Å². The van der Waals surface area contributed by atoms with Crippen molar-refractivity contribution in [3.63, 3.8) is 0 Å². The number of pyridine rings is 1. The van der Waals surface area contributed by atoms with Gasteiger partial charge in [0.05, 0.1) is 11.3 Å². The summed E-state index contributed by atoms with van der Waals surface area (Å²) in [7, 11) is 1.54. The average Bonchev–Trinajstić information content (AvgIpc) is 2.46. The van der Waals surface area contributed by atoms with E-state index in [1.807, 2.05) is 0 Å². The fraction of sp³-hybridized carbons (Fsp3) is 0.133. The van der Waals surface area contributed by atoms with E-state index in [0.717, 1.165) is 0 Å². The molecular weight excluding hydrogens is 275 g/mol. The average molecular weight is 288 g/mol. The summed E-state index contributed by atoms with van der Waals surface area (Å²) in [5.41, 5.74) is 0.962. The third-order valence-corrected chi connectivity index (χ3v) is 3.05. The molecule has 108 valence electrons. The summed E-state index contributed by atoms with van der Waals surface area (Å²) in [5.74, 6) is -1.88. The largest absolute Gasteiger partial charge is 0.478 e. The lowest BCUT2D eigenvalue weighted by atomic mass is 10.1. The number of carboxylic acid groups (broad SMARTS) is 1. The van der Waals surface area contributed by atoms with Crippen molar-refractivity contribution in [2.45, 2.75) is 6.92 Å². The van der Waals surface area contributed by atoms with Gasteiger partial charge in [-0.2, -0.15) is 0 Å². The zero-order valence-corrected chi connectivity index (χ0v) is 11.5. The van der Waals surface area contributed by atoms with E-state index in [-0.39, 0.29) is 22.8 Å². The summed E-state index contributed by atoms with van der Waals surface area (Å²) in [6, 6.07) is 8.17. The molecule has 0 fully saturated rings. The molecule has 1 amide bonds. The Balaban J connectivity index is 2.29. The number of nitrogens with zero attached hydrogens (tertiary/aromatic N) is 2. The summed E-state index contributed by atoms with van der Waals surface area (Å²) >= 11 is 0. The molecule has 1 aromatic carbocycles. The molecular formula is C15H13FN2O3. The summed E-state index contributed by atoms with van der Waals surface area (Å²) in [6.07, 6.45) is 0. The first-order chi connectivity index (χ1) is 9.90. The Hall–Kier alpha value is -2.76. The monoisotopic (exact) mass is 288 g/mol. The van der Waals surface area contributed by atoms with Crippen LogP contribution in [-0.2, 0) is 0 Å². The second kappa shape index (κ2) is 5.70. The number of rotatable bonds is 3. The number of anilines is 1. The predicted octanol–water partition coefficient (Wildman–Crippen LogP) is 2.50. The summed E-state index contributed by atoms with van der Waals surface area (Å²) in [4.78, 5) is 28.5. The fourth-order valence-electron chi connectivity index (χ4n) is 1.86. The van der Waals surface area contributed by atoms with Gasteiger partial charge in [0, 0.05) is 12.7 Å². The lowest BCUT2D eigenvalue weighted by Crippen LogP contribution is -2.27. The Labute approximate surface area is 120 Å². The van der Waals surface area contributed by atoms with Crippen LogP contribution in [0.2, 0.25) is 0 Å². The molecule has 1 heterocycles. The Kier molecular flexibility index (Phi) is 3.98. The zero-order chi connectivity index (χ0) is 15.6. The molecule has 21 heavy (non-hydrogen) atoms. The first-order valence-corrected chi connectivity index (χ1v) is 6.14. The standard InChI is InChI=1S/C15H13FN2O3/c1-9-12(15(20)21)7-8-13(17-9)14(19)18(2)11-5-3-10(16)4-6-11/h3-8H,1-2H3,(H,20,21). The Morgan fingerprint density at radius 2 is 1.76 bits per heavy atom. The molecule has 0 spiro atoms. The van der Waals surface area contributed by atoms with Crippen LogP contribution in [0.1, 0.15) is 26.5 Å². The molecule has 0 unspecified atom stereocenters. The second-order valence-corrected chi connectivity index (χ2v) is 4.48. The number of hydrogen-bond donors (Lipinski definition) is 1. The number of carbonyl (C=O) groups excluding carboxylic acids is 1. The molecule has 1 aromatic heterocycles. The number of aromatic carboxylic acids is 1. The minimum atomic E-state index is -1.09. The quantitative estimate of drug-likeness (QED) is 0.942. The van der Waals surface area contributed by atoms with Crippen molar-refractivity contribution in [1.82, 2.24) is 4.98 Å². The van der Waals surface area contributed by atoms with Gasteiger partial charge in [0.2, 0.25) is 0 Å². The van der Waals surface area contributed by atoms with Gasteiger partial charge in [-0.05, 0) is 43.3 Å². The van der Waals surface area contributed by atoms with E-state index < -0.39 is 11.9 Å². The molecule has 0 aliphatic heterocycles. The van der Waals surface area contributed by atoms with E-state index >= 15 is 0 Å². The van der Waals surface area contributed by atoms with Crippen molar-refractivity contribution in [2.24, 2.45) is 0 Å². The predicted molar refractivity (Wildman–Crippen MR) is 75.1 cm³/mol. The molecule has 0 bridgehead atoms. The number of aryl methyl sites for hydroxylation is 1. The molecule has 0 radical (unpaired) electrons. The molecule has 6 heteroatoms. The minimum Gasteiger partial charge on any atom is -0.478 e. The maximum Gasteiger partial charge on any atom is 0.337 e. The normalized spacial score (nSPS) is 10.2. The topological polar surface area (TPSA) is 70.5 Å². The lowest BCUT2D eigenvalue weighted by molar-refractivity contribution is 0.0695. The van der Waals surface area contributed by atoms with Crippen LogP contribution in [0.25, 0.3) is 0 Å². The zero-order valence-electron chi connectivity index (χ0n) is 11.5. The third-order valence-electron chi connectivity index (χ3n) is 3.05. The molecule has 0 saturated heterocycles. The van der Waals surface area contributed by atoms with E-state index in [4.69, 9.17) is 5.11 Å². The van der Waals surface area contributed by atoms with Crippen molar-refractivity contribution in [3.8, 4) is 0 Å². The van der Waals surface area contributed by atoms with Gasteiger partial charge < -0.3 is 10.0 Å². The highest BCUT2D eigenvalue weighted by molar-refractivity contribution is 6.04. The van der Waals surface area contributed by atoms with E-state index in [9.17, 15) is 14.0 Å². The van der Waals surface area contributed by atoms with E-state index in [1.54, 1.807) is 0 Å². The highest BCUT2D eigenvalue weighted by Gasteiger charge is 2.17. The van der Waals surface area contributed by atoms with Crippen LogP contribution in [0, 0.1) is 12.7 Å². The number of hydrogen-bond acceptors (Lipinski definition) is 3. The van der Waals surface area contributed by atoms with Crippen LogP contribution in [-0.4, -0.2) is 29.0 Å². The van der Waals surface area contributed by atoms with E-state index in [1.165, 1.54) is 55.3 Å². The number of aromatic nitrogens is 1. The fourth-order valence-corrected chi connectivity index (χ4v) is 1.86.